The largest absolute Gasteiger partial charge is 0.325 e. The maximum Gasteiger partial charge on any atom is 0.268 e. The van der Waals surface area contributed by atoms with E-state index in [0.29, 0.717) is 27.1 Å². The monoisotopic (exact) mass is 536 g/mol. The first-order valence-electron chi connectivity index (χ1n) is 11.0. The molecule has 2 heterocycles. The number of carbonyl (C=O) groups excluding carboxylic acids is 1. The molecule has 36 heavy (non-hydrogen) atoms. The van der Waals surface area contributed by atoms with Crippen LogP contribution in [0.25, 0.3) is 11.3 Å². The highest BCUT2D eigenvalue weighted by atomic mass is 35.5. The molecule has 0 spiro atoms. The Morgan fingerprint density at radius 1 is 1.06 bits per heavy atom. The number of thioether (sulfide) groups is 1. The summed E-state index contributed by atoms with van der Waals surface area (Å²) in [4.78, 5) is 21.3. The van der Waals surface area contributed by atoms with E-state index in [4.69, 9.17) is 11.6 Å². The van der Waals surface area contributed by atoms with Gasteiger partial charge in [-0.05, 0) is 42.3 Å². The van der Waals surface area contributed by atoms with E-state index in [0.717, 1.165) is 28.6 Å². The van der Waals surface area contributed by atoms with Crippen molar-refractivity contribution in [1.82, 2.24) is 9.97 Å². The normalized spacial score (nSPS) is 13.6. The van der Waals surface area contributed by atoms with Crippen LogP contribution >= 0.6 is 23.4 Å². The van der Waals surface area contributed by atoms with E-state index >= 15 is 0 Å². The number of carbonyl (C=O) groups is 1. The molecule has 0 unspecified atom stereocenters. The number of benzene rings is 3. The van der Waals surface area contributed by atoms with Crippen LogP contribution in [-0.2, 0) is 21.4 Å². The standard InChI is InChI=1S/C26H21ClN4O3S2/c1-17-7-5-6-10-21(17)29-24(32)16-35-26-28-14-23-25(30-26)20-12-11-19(27)13-22(20)31(36(23,33)34)15-18-8-3-2-4-9-18/h2-14H,15-16H2,1H3,(H,29,32). The molecule has 1 N–H and O–H groups in total. The van der Waals surface area contributed by atoms with Crippen molar-refractivity contribution in [3.8, 4) is 11.3 Å². The number of hydrogen-bond donors (Lipinski definition) is 1. The molecule has 10 heteroatoms. The quantitative estimate of drug-likeness (QED) is 0.257. The summed E-state index contributed by atoms with van der Waals surface area (Å²) < 4.78 is 28.6. The second-order valence-electron chi connectivity index (χ2n) is 8.18. The molecule has 1 aromatic heterocycles. The van der Waals surface area contributed by atoms with Gasteiger partial charge in [-0.15, -0.1) is 0 Å². The molecule has 182 valence electrons. The minimum Gasteiger partial charge on any atom is -0.325 e. The molecule has 0 saturated carbocycles. The Hall–Kier alpha value is -3.40. The highest BCUT2D eigenvalue weighted by Crippen LogP contribution is 2.44. The number of halogens is 1. The number of hydrogen-bond acceptors (Lipinski definition) is 6. The molecule has 3 aromatic carbocycles. The number of nitrogens with zero attached hydrogens (tertiary/aromatic N) is 3. The van der Waals surface area contributed by atoms with Crippen LogP contribution in [0.4, 0.5) is 11.4 Å². The molecule has 1 aliphatic rings. The van der Waals surface area contributed by atoms with Gasteiger partial charge in [0.05, 0.1) is 29.9 Å². The lowest BCUT2D eigenvalue weighted by atomic mass is 10.1. The maximum absolute atomic E-state index is 13.6. The summed E-state index contributed by atoms with van der Waals surface area (Å²) in [6.45, 7) is 2.06. The average molecular weight is 537 g/mol. The maximum atomic E-state index is 13.6. The van der Waals surface area contributed by atoms with Gasteiger partial charge >= 0.3 is 0 Å². The van der Waals surface area contributed by atoms with E-state index in [1.54, 1.807) is 18.2 Å². The van der Waals surface area contributed by atoms with E-state index in [1.807, 2.05) is 61.5 Å². The Morgan fingerprint density at radius 3 is 2.58 bits per heavy atom. The van der Waals surface area contributed by atoms with Gasteiger partial charge in [-0.1, -0.05) is 71.9 Å². The fraction of sp³-hybridized carbons (Fsp3) is 0.115. The minimum atomic E-state index is -3.94. The molecule has 4 aromatic rings. The summed E-state index contributed by atoms with van der Waals surface area (Å²) in [7, 11) is -3.94. The van der Waals surface area contributed by atoms with Crippen molar-refractivity contribution >= 4 is 50.7 Å². The van der Waals surface area contributed by atoms with Gasteiger partial charge in [-0.3, -0.25) is 9.10 Å². The zero-order valence-corrected chi connectivity index (χ0v) is 21.6. The number of aryl methyl sites for hydroxylation is 1. The number of sulfonamides is 1. The fourth-order valence-electron chi connectivity index (χ4n) is 3.91. The summed E-state index contributed by atoms with van der Waals surface area (Å²) in [6.07, 6.45) is 1.31. The fourth-order valence-corrected chi connectivity index (χ4v) is 6.25. The van der Waals surface area contributed by atoms with Crippen LogP contribution in [-0.4, -0.2) is 30.0 Å². The first-order chi connectivity index (χ1) is 17.3. The summed E-state index contributed by atoms with van der Waals surface area (Å²) in [6, 6.07) is 21.9. The van der Waals surface area contributed by atoms with Crippen molar-refractivity contribution in [1.29, 1.82) is 0 Å². The van der Waals surface area contributed by atoms with E-state index in [1.165, 1.54) is 10.5 Å². The van der Waals surface area contributed by atoms with Crippen molar-refractivity contribution in [2.75, 3.05) is 15.4 Å². The highest BCUT2D eigenvalue weighted by Gasteiger charge is 2.37. The van der Waals surface area contributed by atoms with E-state index in [2.05, 4.69) is 15.3 Å². The number of anilines is 2. The summed E-state index contributed by atoms with van der Waals surface area (Å²) >= 11 is 7.39. The highest BCUT2D eigenvalue weighted by molar-refractivity contribution is 7.99. The molecule has 0 radical (unpaired) electrons. The molecule has 1 amide bonds. The van der Waals surface area contributed by atoms with Crippen molar-refractivity contribution in [3.05, 3.63) is 95.1 Å². The smallest absolute Gasteiger partial charge is 0.268 e. The number of fused-ring (bicyclic) bond motifs is 3. The predicted molar refractivity (Wildman–Crippen MR) is 143 cm³/mol. The van der Waals surface area contributed by atoms with Crippen LogP contribution in [0.5, 0.6) is 0 Å². The number of nitrogens with one attached hydrogen (secondary N) is 1. The third-order valence-electron chi connectivity index (χ3n) is 5.71. The lowest BCUT2D eigenvalue weighted by Gasteiger charge is -2.31. The predicted octanol–water partition coefficient (Wildman–Crippen LogP) is 5.55. The minimum absolute atomic E-state index is 0.0157. The third kappa shape index (κ3) is 4.82. The molecular formula is C26H21ClN4O3S2. The Morgan fingerprint density at radius 2 is 1.81 bits per heavy atom. The lowest BCUT2D eigenvalue weighted by Crippen LogP contribution is -2.34. The zero-order chi connectivity index (χ0) is 25.3. The zero-order valence-electron chi connectivity index (χ0n) is 19.2. The third-order valence-corrected chi connectivity index (χ3v) is 8.56. The molecule has 0 fully saturated rings. The first-order valence-corrected chi connectivity index (χ1v) is 13.9. The van der Waals surface area contributed by atoms with Crippen LogP contribution in [0, 0.1) is 6.92 Å². The molecule has 0 aliphatic carbocycles. The van der Waals surface area contributed by atoms with Crippen molar-refractivity contribution < 1.29 is 13.2 Å². The van der Waals surface area contributed by atoms with E-state index < -0.39 is 10.0 Å². The Balaban J connectivity index is 1.44. The second-order valence-corrected chi connectivity index (χ2v) is 11.4. The molecule has 5 rings (SSSR count). The van der Waals surface area contributed by atoms with Crippen LogP contribution in [0.1, 0.15) is 11.1 Å². The Bertz CT molecular complexity index is 1560. The molecule has 7 nitrogen and oxygen atoms in total. The molecule has 0 bridgehead atoms. The molecule has 0 saturated heterocycles. The van der Waals surface area contributed by atoms with Crippen LogP contribution < -0.4 is 9.62 Å². The van der Waals surface area contributed by atoms with Gasteiger partial charge in [0, 0.05) is 16.3 Å². The Labute approximate surface area is 218 Å². The number of rotatable bonds is 6. The Kier molecular flexibility index (Phi) is 6.70. The van der Waals surface area contributed by atoms with Crippen molar-refractivity contribution in [2.24, 2.45) is 0 Å². The van der Waals surface area contributed by atoms with Gasteiger partial charge in [0.15, 0.2) is 5.16 Å². The summed E-state index contributed by atoms with van der Waals surface area (Å²) in [5, 5.41) is 3.60. The van der Waals surface area contributed by atoms with Gasteiger partial charge in [0.25, 0.3) is 10.0 Å². The van der Waals surface area contributed by atoms with Gasteiger partial charge < -0.3 is 5.32 Å². The van der Waals surface area contributed by atoms with Crippen LogP contribution in [0.3, 0.4) is 0 Å². The van der Waals surface area contributed by atoms with Crippen molar-refractivity contribution in [2.45, 2.75) is 23.5 Å². The summed E-state index contributed by atoms with van der Waals surface area (Å²) in [5.41, 5.74) is 3.91. The van der Waals surface area contributed by atoms with E-state index in [9.17, 15) is 13.2 Å². The van der Waals surface area contributed by atoms with Gasteiger partial charge in [-0.25, -0.2) is 18.4 Å². The van der Waals surface area contributed by atoms with E-state index in [-0.39, 0.29) is 23.1 Å². The SMILES string of the molecule is Cc1ccccc1NC(=O)CSc1ncc2c(n1)-c1ccc(Cl)cc1N(Cc1ccccc1)S2(=O)=O. The molecular weight excluding hydrogens is 516 g/mol. The topological polar surface area (TPSA) is 92.3 Å². The first kappa shape index (κ1) is 24.3. The van der Waals surface area contributed by atoms with Gasteiger partial charge in [0.1, 0.15) is 4.90 Å². The van der Waals surface area contributed by atoms with Gasteiger partial charge in [0.2, 0.25) is 5.91 Å². The summed E-state index contributed by atoms with van der Waals surface area (Å²) in [5.74, 6) is -0.127. The van der Waals surface area contributed by atoms with Crippen molar-refractivity contribution in [3.63, 3.8) is 0 Å². The number of aromatic nitrogens is 2. The van der Waals surface area contributed by atoms with Crippen LogP contribution in [0.15, 0.2) is 89.0 Å². The van der Waals surface area contributed by atoms with Crippen LogP contribution in [0.2, 0.25) is 5.02 Å². The average Bonchev–Trinajstić information content (AvgIpc) is 2.87. The molecule has 0 atom stereocenters. The second kappa shape index (κ2) is 9.93. The lowest BCUT2D eigenvalue weighted by molar-refractivity contribution is -0.113. The number of amides is 1. The number of para-hydroxylation sites is 1. The molecule has 1 aliphatic heterocycles. The van der Waals surface area contributed by atoms with Gasteiger partial charge in [-0.2, -0.15) is 0 Å².